The SMILES string of the molecule is CC/C=C/C=C/C=C\C=C/C=C/CCCCC(O)C(=O)NC(COC1OC(CO)C(O)C(O)C1OC(=O)CCCCCCC/C=C\C/C=C\C/C=C\C/C=C\CCCCC)C(O)/C=C/CCCCCCCCCCCCC. The molecule has 0 aromatic carbocycles. The molecule has 8 unspecified atom stereocenters. The first-order valence-electron chi connectivity index (χ1n) is 30.4. The maximum absolute atomic E-state index is 13.4. The molecule has 1 fully saturated rings. The molecule has 438 valence electrons. The average Bonchev–Trinajstić information content (AvgIpc) is 3.43. The summed E-state index contributed by atoms with van der Waals surface area (Å²) in [6, 6.07) is -1.06. The molecule has 8 atom stereocenters. The largest absolute Gasteiger partial charge is 0.454 e. The van der Waals surface area contributed by atoms with Gasteiger partial charge in [-0.1, -0.05) is 245 Å². The van der Waals surface area contributed by atoms with E-state index in [-0.39, 0.29) is 19.4 Å². The van der Waals surface area contributed by atoms with Gasteiger partial charge in [0, 0.05) is 6.42 Å². The topological polar surface area (TPSA) is 175 Å². The maximum atomic E-state index is 13.4. The number of carbonyl (C=O) groups is 2. The Morgan fingerprint density at radius 2 is 0.987 bits per heavy atom. The van der Waals surface area contributed by atoms with E-state index in [0.29, 0.717) is 12.8 Å². The van der Waals surface area contributed by atoms with E-state index in [9.17, 15) is 35.1 Å². The van der Waals surface area contributed by atoms with Gasteiger partial charge < -0.3 is 45.1 Å². The number of rotatable bonds is 49. The minimum Gasteiger partial charge on any atom is -0.454 e. The number of hydrogen-bond acceptors (Lipinski definition) is 10. The summed E-state index contributed by atoms with van der Waals surface area (Å²) in [6.45, 7) is 5.56. The van der Waals surface area contributed by atoms with Crippen molar-refractivity contribution in [2.45, 2.75) is 269 Å². The highest BCUT2D eigenvalue weighted by Gasteiger charge is 2.47. The summed E-state index contributed by atoms with van der Waals surface area (Å²) in [5.41, 5.74) is 0. The van der Waals surface area contributed by atoms with E-state index in [0.717, 1.165) is 96.3 Å². The van der Waals surface area contributed by atoms with Crippen molar-refractivity contribution in [2.24, 2.45) is 0 Å². The normalized spacial score (nSPS) is 19.9. The van der Waals surface area contributed by atoms with Crippen LogP contribution in [-0.2, 0) is 23.8 Å². The first kappa shape index (κ1) is 71.1. The molecule has 0 saturated carbocycles. The van der Waals surface area contributed by atoms with Crippen LogP contribution in [-0.4, -0.2) is 99.6 Å². The zero-order valence-electron chi connectivity index (χ0n) is 48.3. The van der Waals surface area contributed by atoms with Crippen LogP contribution in [0.25, 0.3) is 0 Å². The van der Waals surface area contributed by atoms with Gasteiger partial charge in [-0.3, -0.25) is 9.59 Å². The number of esters is 1. The second-order valence-corrected chi connectivity index (χ2v) is 20.5. The maximum Gasteiger partial charge on any atom is 0.306 e. The quantitative estimate of drug-likeness (QED) is 0.0149. The van der Waals surface area contributed by atoms with Gasteiger partial charge in [0.2, 0.25) is 5.91 Å². The third-order valence-corrected chi connectivity index (χ3v) is 13.5. The van der Waals surface area contributed by atoms with E-state index in [4.69, 9.17) is 14.2 Å². The Hall–Kier alpha value is -3.94. The Morgan fingerprint density at radius 3 is 1.55 bits per heavy atom. The fourth-order valence-electron chi connectivity index (χ4n) is 8.65. The summed E-state index contributed by atoms with van der Waals surface area (Å²) >= 11 is 0. The lowest BCUT2D eigenvalue weighted by Gasteiger charge is -2.41. The monoisotopic (exact) mass is 1080 g/mol. The van der Waals surface area contributed by atoms with Gasteiger partial charge in [0.25, 0.3) is 0 Å². The summed E-state index contributed by atoms with van der Waals surface area (Å²) in [6.07, 6.45) is 62.3. The summed E-state index contributed by atoms with van der Waals surface area (Å²) in [5.74, 6) is -1.27. The summed E-state index contributed by atoms with van der Waals surface area (Å²) in [7, 11) is 0. The second-order valence-electron chi connectivity index (χ2n) is 20.5. The molecule has 0 aromatic heterocycles. The van der Waals surface area contributed by atoms with Gasteiger partial charge in [-0.05, 0) is 89.9 Å². The number of amides is 1. The Bertz CT molecular complexity index is 1710. The third kappa shape index (κ3) is 40.8. The van der Waals surface area contributed by atoms with Crippen molar-refractivity contribution in [3.05, 3.63) is 122 Å². The molecule has 1 aliphatic rings. The molecule has 1 heterocycles. The van der Waals surface area contributed by atoms with Crippen LogP contribution in [0.2, 0.25) is 0 Å². The molecule has 77 heavy (non-hydrogen) atoms. The van der Waals surface area contributed by atoms with Crippen LogP contribution in [0, 0.1) is 0 Å². The van der Waals surface area contributed by atoms with E-state index in [1.807, 2.05) is 60.8 Å². The van der Waals surface area contributed by atoms with Crippen molar-refractivity contribution in [1.29, 1.82) is 0 Å². The van der Waals surface area contributed by atoms with Crippen LogP contribution in [0.1, 0.15) is 220 Å². The van der Waals surface area contributed by atoms with E-state index in [2.05, 4.69) is 80.8 Å². The van der Waals surface area contributed by atoms with Crippen LogP contribution in [0.15, 0.2) is 122 Å². The lowest BCUT2D eigenvalue weighted by molar-refractivity contribution is -0.305. The minimum atomic E-state index is -1.64. The van der Waals surface area contributed by atoms with Gasteiger partial charge in [-0.15, -0.1) is 0 Å². The Kier molecular flexibility index (Phi) is 48.7. The fourth-order valence-corrected chi connectivity index (χ4v) is 8.65. The molecule has 11 heteroatoms. The van der Waals surface area contributed by atoms with Gasteiger partial charge in [0.1, 0.15) is 24.4 Å². The molecule has 0 radical (unpaired) electrons. The molecule has 1 aliphatic heterocycles. The van der Waals surface area contributed by atoms with Crippen molar-refractivity contribution >= 4 is 11.9 Å². The first-order valence-corrected chi connectivity index (χ1v) is 30.4. The van der Waals surface area contributed by atoms with Crippen molar-refractivity contribution in [3.63, 3.8) is 0 Å². The highest BCUT2D eigenvalue weighted by atomic mass is 16.7. The number of nitrogens with one attached hydrogen (secondary N) is 1. The van der Waals surface area contributed by atoms with Gasteiger partial charge in [-0.25, -0.2) is 0 Å². The highest BCUT2D eigenvalue weighted by molar-refractivity contribution is 5.80. The van der Waals surface area contributed by atoms with Gasteiger partial charge in [0.15, 0.2) is 12.4 Å². The van der Waals surface area contributed by atoms with Crippen molar-refractivity contribution in [3.8, 4) is 0 Å². The van der Waals surface area contributed by atoms with E-state index in [1.165, 1.54) is 77.0 Å². The number of aliphatic hydroxyl groups excluding tert-OH is 5. The standard InChI is InChI=1S/C66H109NO10/c1-4-7-10-13-16-19-22-25-27-28-29-30-31-32-33-36-39-42-45-48-51-54-61(71)77-64-63(73)62(72)60(55-68)76-66(64)75-56-57(58(69)52-49-46-43-40-37-34-24-21-18-15-12-9-6-3)67-65(74)59(70)53-50-47-44-41-38-35-26-23-20-17-14-11-8-5-2/h8,11,14,16-17,19-20,23,25-27,29-30,32-33,35,38,41,49,52,57-60,62-64,66,68-70,72-73H,4-7,9-10,12-13,15,18,21-22,24,28,31,34,36-37,39-40,42-48,50-51,53-56H2,1-3H3,(H,67,74)/b11-8+,17-14+,19-16-,23-20-,27-25-,30-29-,33-32-,35-26-,41-38+,52-49+. The van der Waals surface area contributed by atoms with Gasteiger partial charge >= 0.3 is 5.97 Å². The van der Waals surface area contributed by atoms with Crippen LogP contribution < -0.4 is 5.32 Å². The van der Waals surface area contributed by atoms with Crippen molar-refractivity contribution in [1.82, 2.24) is 5.32 Å². The van der Waals surface area contributed by atoms with Crippen molar-refractivity contribution in [2.75, 3.05) is 13.2 Å². The number of aliphatic hydroxyl groups is 5. The molecule has 0 aromatic rings. The number of unbranched alkanes of at least 4 members (excludes halogenated alkanes) is 21. The molecule has 0 bridgehead atoms. The van der Waals surface area contributed by atoms with Crippen molar-refractivity contribution < 1.29 is 49.3 Å². The third-order valence-electron chi connectivity index (χ3n) is 13.5. The predicted molar refractivity (Wildman–Crippen MR) is 319 cm³/mol. The fraction of sp³-hybridized carbons (Fsp3) is 0.667. The minimum absolute atomic E-state index is 0.0897. The molecule has 11 nitrogen and oxygen atoms in total. The Labute approximate surface area is 468 Å². The number of ether oxygens (including phenoxy) is 3. The summed E-state index contributed by atoms with van der Waals surface area (Å²) < 4.78 is 17.6. The molecule has 0 spiro atoms. The van der Waals surface area contributed by atoms with E-state index >= 15 is 0 Å². The summed E-state index contributed by atoms with van der Waals surface area (Å²) in [5, 5.41) is 56.9. The molecule has 1 amide bonds. The molecule has 0 aliphatic carbocycles. The van der Waals surface area contributed by atoms with Crippen LogP contribution in [0.3, 0.4) is 0 Å². The molecule has 1 rings (SSSR count). The molecular weight excluding hydrogens is 967 g/mol. The average molecular weight is 1080 g/mol. The molecule has 1 saturated heterocycles. The Balaban J connectivity index is 2.74. The van der Waals surface area contributed by atoms with Gasteiger partial charge in [-0.2, -0.15) is 0 Å². The number of hydrogen-bond donors (Lipinski definition) is 6. The first-order chi connectivity index (χ1) is 37.7. The highest BCUT2D eigenvalue weighted by Crippen LogP contribution is 2.26. The zero-order valence-corrected chi connectivity index (χ0v) is 48.3. The predicted octanol–water partition coefficient (Wildman–Crippen LogP) is 14.3. The zero-order chi connectivity index (χ0) is 56.1. The summed E-state index contributed by atoms with van der Waals surface area (Å²) in [4.78, 5) is 26.5. The van der Waals surface area contributed by atoms with E-state index in [1.54, 1.807) is 6.08 Å². The van der Waals surface area contributed by atoms with Crippen LogP contribution in [0.5, 0.6) is 0 Å². The second kappa shape index (κ2) is 52.7. The lowest BCUT2D eigenvalue weighted by atomic mass is 9.99. The van der Waals surface area contributed by atoms with Gasteiger partial charge in [0.05, 0.1) is 25.4 Å². The number of carbonyl (C=O) groups excluding carboxylic acids is 2. The molecule has 6 N–H and O–H groups in total. The lowest BCUT2D eigenvalue weighted by Crippen LogP contribution is -2.61. The smallest absolute Gasteiger partial charge is 0.306 e. The Morgan fingerprint density at radius 1 is 0.532 bits per heavy atom. The van der Waals surface area contributed by atoms with E-state index < -0.39 is 67.4 Å². The van der Waals surface area contributed by atoms with Crippen LogP contribution in [0.4, 0.5) is 0 Å². The van der Waals surface area contributed by atoms with Crippen LogP contribution >= 0.6 is 0 Å². The number of allylic oxidation sites excluding steroid dienone is 19. The molecular formula is C66H109NO10.